The molecular weight excluding hydrogens is 360 g/mol. The number of carboxylic acid groups (broad SMARTS) is 1. The highest BCUT2D eigenvalue weighted by atomic mass is 35.6. The third-order valence-electron chi connectivity index (χ3n) is 2.73. The molecule has 0 radical (unpaired) electrons. The second-order valence-electron chi connectivity index (χ2n) is 4.68. The van der Waals surface area contributed by atoms with E-state index in [1.165, 1.54) is 24.3 Å². The Balaban J connectivity index is 3.38. The molecule has 0 heterocycles. The number of carboxylic acids is 1. The summed E-state index contributed by atoms with van der Waals surface area (Å²) in [6, 6.07) is 4.86. The predicted octanol–water partition coefficient (Wildman–Crippen LogP) is 4.15. The molecule has 0 saturated carbocycles. The van der Waals surface area contributed by atoms with Gasteiger partial charge in [-0.3, -0.25) is 9.69 Å². The highest BCUT2D eigenvalue weighted by molar-refractivity contribution is 6.77. The van der Waals surface area contributed by atoms with Crippen LogP contribution in [0.15, 0.2) is 24.3 Å². The van der Waals surface area contributed by atoms with E-state index in [0.29, 0.717) is 5.02 Å². The summed E-state index contributed by atoms with van der Waals surface area (Å²) in [5, 5.41) is 9.84. The Hall–Kier alpha value is -0.680. The van der Waals surface area contributed by atoms with E-state index in [1.54, 1.807) is 13.8 Å². The van der Waals surface area contributed by atoms with E-state index in [0.717, 1.165) is 4.90 Å². The average molecular weight is 373 g/mol. The number of anilines is 1. The first-order valence-corrected chi connectivity index (χ1v) is 7.45. The van der Waals surface area contributed by atoms with Gasteiger partial charge in [0.05, 0.1) is 0 Å². The third kappa shape index (κ3) is 4.65. The molecule has 0 aliphatic rings. The van der Waals surface area contributed by atoms with E-state index < -0.39 is 27.6 Å². The second-order valence-corrected chi connectivity index (χ2v) is 7.39. The Morgan fingerprint density at radius 1 is 1.14 bits per heavy atom. The number of hydrogen-bond donors (Lipinski definition) is 1. The van der Waals surface area contributed by atoms with Gasteiger partial charge in [0.25, 0.3) is 9.70 Å². The van der Waals surface area contributed by atoms with Crippen molar-refractivity contribution in [3.8, 4) is 0 Å². The summed E-state index contributed by atoms with van der Waals surface area (Å²) >= 11 is 22.7. The molecule has 1 N–H and O–H groups in total. The number of benzene rings is 1. The van der Waals surface area contributed by atoms with Gasteiger partial charge in [-0.2, -0.15) is 0 Å². The zero-order valence-corrected chi connectivity index (χ0v) is 14.2. The van der Waals surface area contributed by atoms with Crippen LogP contribution in [0.1, 0.15) is 13.8 Å². The molecule has 0 bridgehead atoms. The van der Waals surface area contributed by atoms with Crippen LogP contribution >= 0.6 is 46.4 Å². The number of halogens is 4. The zero-order chi connectivity index (χ0) is 16.4. The number of carbonyl (C=O) groups is 2. The Labute approximate surface area is 142 Å². The number of hydrogen-bond acceptors (Lipinski definition) is 2. The number of nitrogens with zero attached hydrogens (tertiary/aromatic N) is 1. The standard InChI is InChI=1S/C13H13Cl4NO3/c1-7(2)10(11(19)20)18(12(21)13(15,16)17)9-5-3-8(14)4-6-9/h3-7,10H,1-2H3,(H,19,20)/t10-/m0/s1. The van der Waals surface area contributed by atoms with Crippen LogP contribution in [0.4, 0.5) is 5.69 Å². The van der Waals surface area contributed by atoms with E-state index in [2.05, 4.69) is 0 Å². The van der Waals surface area contributed by atoms with Gasteiger partial charge in [0, 0.05) is 10.7 Å². The van der Waals surface area contributed by atoms with Gasteiger partial charge in [0.2, 0.25) is 0 Å². The smallest absolute Gasteiger partial charge is 0.327 e. The van der Waals surface area contributed by atoms with Crippen molar-refractivity contribution in [1.29, 1.82) is 0 Å². The van der Waals surface area contributed by atoms with Crippen LogP contribution in [0.5, 0.6) is 0 Å². The molecule has 1 rings (SSSR count). The van der Waals surface area contributed by atoms with E-state index in [-0.39, 0.29) is 5.69 Å². The fourth-order valence-electron chi connectivity index (χ4n) is 1.84. The summed E-state index contributed by atoms with van der Waals surface area (Å²) in [6.45, 7) is 3.32. The summed E-state index contributed by atoms with van der Waals surface area (Å²) in [5.41, 5.74) is 0.289. The minimum Gasteiger partial charge on any atom is -0.480 e. The van der Waals surface area contributed by atoms with E-state index in [9.17, 15) is 14.7 Å². The quantitative estimate of drug-likeness (QED) is 0.807. The molecule has 1 aromatic carbocycles. The molecule has 0 aliphatic heterocycles. The van der Waals surface area contributed by atoms with Crippen LogP contribution in [0.25, 0.3) is 0 Å². The van der Waals surface area contributed by atoms with Crippen molar-refractivity contribution >= 4 is 64.0 Å². The Kier molecular flexibility index (Phi) is 6.17. The normalized spacial score (nSPS) is 13.1. The maximum atomic E-state index is 12.3. The molecule has 0 saturated heterocycles. The van der Waals surface area contributed by atoms with Crippen molar-refractivity contribution in [2.24, 2.45) is 5.92 Å². The molecule has 4 nitrogen and oxygen atoms in total. The SMILES string of the molecule is CC(C)[C@@H](C(=O)O)N(C(=O)C(Cl)(Cl)Cl)c1ccc(Cl)cc1. The predicted molar refractivity (Wildman–Crippen MR) is 85.5 cm³/mol. The Morgan fingerprint density at radius 2 is 1.62 bits per heavy atom. The first-order valence-electron chi connectivity index (χ1n) is 5.94. The summed E-state index contributed by atoms with van der Waals surface area (Å²) in [6.07, 6.45) is 0. The molecule has 116 valence electrons. The highest BCUT2D eigenvalue weighted by Gasteiger charge is 2.42. The lowest BCUT2D eigenvalue weighted by Crippen LogP contribution is -2.52. The number of carbonyl (C=O) groups excluding carboxylic acids is 1. The van der Waals surface area contributed by atoms with Gasteiger partial charge in [-0.15, -0.1) is 0 Å². The number of rotatable bonds is 4. The Morgan fingerprint density at radius 3 is 1.95 bits per heavy atom. The maximum Gasteiger partial charge on any atom is 0.327 e. The summed E-state index contributed by atoms with van der Waals surface area (Å²) < 4.78 is -2.26. The molecule has 21 heavy (non-hydrogen) atoms. The van der Waals surface area contributed by atoms with Gasteiger partial charge in [-0.05, 0) is 30.2 Å². The molecule has 1 aromatic rings. The lowest BCUT2D eigenvalue weighted by Gasteiger charge is -2.33. The molecular formula is C13H13Cl4NO3. The maximum absolute atomic E-state index is 12.3. The van der Waals surface area contributed by atoms with Crippen molar-refractivity contribution < 1.29 is 14.7 Å². The van der Waals surface area contributed by atoms with Gasteiger partial charge in [0.15, 0.2) is 0 Å². The van der Waals surface area contributed by atoms with Crippen LogP contribution in [0.3, 0.4) is 0 Å². The first-order chi connectivity index (χ1) is 9.55. The van der Waals surface area contributed by atoms with Crippen LogP contribution in [-0.2, 0) is 9.59 Å². The van der Waals surface area contributed by atoms with Gasteiger partial charge >= 0.3 is 5.97 Å². The largest absolute Gasteiger partial charge is 0.480 e. The molecule has 0 spiro atoms. The molecule has 1 atom stereocenters. The number of aliphatic carboxylic acids is 1. The van der Waals surface area contributed by atoms with Gasteiger partial charge in [-0.25, -0.2) is 4.79 Å². The van der Waals surface area contributed by atoms with E-state index in [1.807, 2.05) is 0 Å². The monoisotopic (exact) mass is 371 g/mol. The van der Waals surface area contributed by atoms with Gasteiger partial charge < -0.3 is 5.11 Å². The molecule has 0 unspecified atom stereocenters. The van der Waals surface area contributed by atoms with Crippen molar-refractivity contribution in [2.45, 2.75) is 23.7 Å². The lowest BCUT2D eigenvalue weighted by atomic mass is 10.0. The molecule has 0 aliphatic carbocycles. The number of amides is 1. The minimum atomic E-state index is -2.26. The fourth-order valence-corrected chi connectivity index (χ4v) is 2.24. The first kappa shape index (κ1) is 18.4. The van der Waals surface area contributed by atoms with Crippen molar-refractivity contribution in [3.05, 3.63) is 29.3 Å². The van der Waals surface area contributed by atoms with Gasteiger partial charge in [0.1, 0.15) is 6.04 Å². The van der Waals surface area contributed by atoms with Crippen LogP contribution in [0.2, 0.25) is 5.02 Å². The van der Waals surface area contributed by atoms with Gasteiger partial charge in [-0.1, -0.05) is 60.3 Å². The van der Waals surface area contributed by atoms with E-state index in [4.69, 9.17) is 46.4 Å². The van der Waals surface area contributed by atoms with Crippen molar-refractivity contribution in [1.82, 2.24) is 0 Å². The lowest BCUT2D eigenvalue weighted by molar-refractivity contribution is -0.141. The van der Waals surface area contributed by atoms with Crippen LogP contribution in [0, 0.1) is 5.92 Å². The van der Waals surface area contributed by atoms with Crippen molar-refractivity contribution in [2.75, 3.05) is 4.90 Å². The van der Waals surface area contributed by atoms with Crippen molar-refractivity contribution in [3.63, 3.8) is 0 Å². The van der Waals surface area contributed by atoms with Crippen LogP contribution in [-0.4, -0.2) is 26.8 Å². The molecule has 8 heteroatoms. The topological polar surface area (TPSA) is 57.6 Å². The molecule has 0 aromatic heterocycles. The third-order valence-corrected chi connectivity index (χ3v) is 3.47. The molecule has 1 amide bonds. The summed E-state index contributed by atoms with van der Waals surface area (Å²) in [5.74, 6) is -2.52. The van der Waals surface area contributed by atoms with E-state index >= 15 is 0 Å². The summed E-state index contributed by atoms with van der Waals surface area (Å²) in [7, 11) is 0. The minimum absolute atomic E-state index is 0.289. The summed E-state index contributed by atoms with van der Waals surface area (Å²) in [4.78, 5) is 24.8. The zero-order valence-electron chi connectivity index (χ0n) is 11.2. The Bertz CT molecular complexity index is 525. The fraction of sp³-hybridized carbons (Fsp3) is 0.385. The molecule has 0 fully saturated rings. The number of alkyl halides is 3. The average Bonchev–Trinajstić information content (AvgIpc) is 2.34. The highest BCUT2D eigenvalue weighted by Crippen LogP contribution is 2.33. The van der Waals surface area contributed by atoms with Crippen LogP contribution < -0.4 is 4.90 Å². The second kappa shape index (κ2) is 7.05.